The number of hydrogen-bond acceptors (Lipinski definition) is 4. The van der Waals surface area contributed by atoms with Crippen LogP contribution in [0.3, 0.4) is 0 Å². The Bertz CT molecular complexity index is 1090. The minimum absolute atomic E-state index is 0.152. The second kappa shape index (κ2) is 7.29. The predicted octanol–water partition coefficient (Wildman–Crippen LogP) is 3.33. The van der Waals surface area contributed by atoms with Gasteiger partial charge in [-0.1, -0.05) is 42.5 Å². The van der Waals surface area contributed by atoms with E-state index >= 15 is 0 Å². The summed E-state index contributed by atoms with van der Waals surface area (Å²) in [4.78, 5) is 12.6. The third-order valence-electron chi connectivity index (χ3n) is 4.31. The first-order chi connectivity index (χ1) is 13.3. The first-order valence-electron chi connectivity index (χ1n) is 8.56. The lowest BCUT2D eigenvalue weighted by molar-refractivity contribution is 0.0950. The van der Waals surface area contributed by atoms with E-state index in [0.717, 1.165) is 11.1 Å². The lowest BCUT2D eigenvalue weighted by atomic mass is 10.2. The molecule has 0 aliphatic heterocycles. The van der Waals surface area contributed by atoms with Gasteiger partial charge in [0.2, 0.25) is 0 Å². The van der Waals surface area contributed by atoms with Crippen LogP contribution >= 0.6 is 0 Å². The second-order valence-electron chi connectivity index (χ2n) is 6.04. The van der Waals surface area contributed by atoms with Crippen molar-refractivity contribution in [2.24, 2.45) is 0 Å². The maximum Gasteiger partial charge on any atom is 0.253 e. The minimum Gasteiger partial charge on any atom is -0.496 e. The Kier molecular flexibility index (Phi) is 4.53. The molecule has 0 bridgehead atoms. The third-order valence-corrected chi connectivity index (χ3v) is 4.31. The van der Waals surface area contributed by atoms with Crippen LogP contribution in [0.5, 0.6) is 5.75 Å². The molecule has 0 atom stereocenters. The van der Waals surface area contributed by atoms with Crippen LogP contribution in [0.2, 0.25) is 0 Å². The van der Waals surface area contributed by atoms with E-state index in [1.165, 1.54) is 0 Å². The van der Waals surface area contributed by atoms with Crippen molar-refractivity contribution in [2.75, 3.05) is 7.11 Å². The van der Waals surface area contributed by atoms with Crippen molar-refractivity contribution in [2.45, 2.75) is 6.54 Å². The average Bonchev–Trinajstić information content (AvgIpc) is 3.15. The Morgan fingerprint density at radius 2 is 1.78 bits per heavy atom. The van der Waals surface area contributed by atoms with E-state index < -0.39 is 0 Å². The Hall–Kier alpha value is -3.67. The van der Waals surface area contributed by atoms with Gasteiger partial charge >= 0.3 is 0 Å². The molecule has 0 fully saturated rings. The van der Waals surface area contributed by atoms with Crippen molar-refractivity contribution >= 4 is 11.6 Å². The number of methoxy groups -OCH3 is 1. The summed E-state index contributed by atoms with van der Waals surface area (Å²) in [5.41, 5.74) is 3.06. The molecule has 1 N–H and O–H groups in total. The molecule has 6 nitrogen and oxygen atoms in total. The van der Waals surface area contributed by atoms with Gasteiger partial charge in [-0.25, -0.2) is 0 Å². The van der Waals surface area contributed by atoms with Gasteiger partial charge < -0.3 is 10.1 Å². The van der Waals surface area contributed by atoms with Crippen molar-refractivity contribution in [3.8, 4) is 17.1 Å². The Morgan fingerprint density at radius 3 is 2.59 bits per heavy atom. The van der Waals surface area contributed by atoms with E-state index in [1.807, 2.05) is 54.6 Å². The Balaban J connectivity index is 1.64. The summed E-state index contributed by atoms with van der Waals surface area (Å²) >= 11 is 0. The SMILES string of the molecule is COc1ccccc1-c1nnc2ccc(C(=O)NCc3ccccc3)cn12. The minimum atomic E-state index is -0.152. The highest BCUT2D eigenvalue weighted by Crippen LogP contribution is 2.28. The van der Waals surface area contributed by atoms with Crippen LogP contribution in [-0.2, 0) is 6.54 Å². The fourth-order valence-electron chi connectivity index (χ4n) is 2.92. The number of carbonyl (C=O) groups excluding carboxylic acids is 1. The molecule has 2 aromatic heterocycles. The summed E-state index contributed by atoms with van der Waals surface area (Å²) in [6, 6.07) is 20.9. The van der Waals surface area contributed by atoms with Gasteiger partial charge in [0.1, 0.15) is 5.75 Å². The maximum atomic E-state index is 12.6. The summed E-state index contributed by atoms with van der Waals surface area (Å²) < 4.78 is 7.22. The zero-order valence-electron chi connectivity index (χ0n) is 14.8. The van der Waals surface area contributed by atoms with E-state index in [0.29, 0.717) is 29.3 Å². The number of fused-ring (bicyclic) bond motifs is 1. The van der Waals surface area contributed by atoms with Gasteiger partial charge in [-0.3, -0.25) is 9.20 Å². The molecular formula is C21H18N4O2. The highest BCUT2D eigenvalue weighted by molar-refractivity contribution is 5.94. The maximum absolute atomic E-state index is 12.6. The monoisotopic (exact) mass is 358 g/mol. The standard InChI is InChI=1S/C21H18N4O2/c1-27-18-10-6-5-9-17(18)20-24-23-19-12-11-16(14-25(19)20)21(26)22-13-15-7-3-2-4-8-15/h2-12,14H,13H2,1H3,(H,22,26). The molecule has 0 saturated heterocycles. The molecule has 0 aliphatic rings. The molecule has 0 unspecified atom stereocenters. The number of para-hydroxylation sites is 1. The van der Waals surface area contributed by atoms with Crippen molar-refractivity contribution in [3.63, 3.8) is 0 Å². The highest BCUT2D eigenvalue weighted by atomic mass is 16.5. The number of amides is 1. The molecule has 1 amide bonds. The molecular weight excluding hydrogens is 340 g/mol. The number of hydrogen-bond donors (Lipinski definition) is 1. The van der Waals surface area contributed by atoms with Gasteiger partial charge in [0, 0.05) is 12.7 Å². The van der Waals surface area contributed by atoms with Gasteiger partial charge in [0.05, 0.1) is 18.2 Å². The summed E-state index contributed by atoms with van der Waals surface area (Å²) in [5, 5.41) is 11.4. The molecule has 2 heterocycles. The molecule has 4 aromatic rings. The van der Waals surface area contributed by atoms with Crippen molar-refractivity contribution in [1.29, 1.82) is 0 Å². The van der Waals surface area contributed by atoms with Crippen LogP contribution in [0.15, 0.2) is 72.9 Å². The largest absolute Gasteiger partial charge is 0.496 e. The van der Waals surface area contributed by atoms with Gasteiger partial charge in [0.25, 0.3) is 5.91 Å². The predicted molar refractivity (Wildman–Crippen MR) is 103 cm³/mol. The number of nitrogens with zero attached hydrogens (tertiary/aromatic N) is 3. The summed E-state index contributed by atoms with van der Waals surface area (Å²) in [6.45, 7) is 0.471. The fraction of sp³-hybridized carbons (Fsp3) is 0.0952. The van der Waals surface area contributed by atoms with E-state index in [2.05, 4.69) is 15.5 Å². The molecule has 4 rings (SSSR count). The number of nitrogens with one attached hydrogen (secondary N) is 1. The second-order valence-corrected chi connectivity index (χ2v) is 6.04. The third kappa shape index (κ3) is 3.37. The number of carbonyl (C=O) groups is 1. The summed E-state index contributed by atoms with van der Waals surface area (Å²) in [7, 11) is 1.62. The molecule has 134 valence electrons. The van der Waals surface area contributed by atoms with Crippen molar-refractivity contribution in [3.05, 3.63) is 84.1 Å². The number of benzene rings is 2. The van der Waals surface area contributed by atoms with Gasteiger partial charge in [-0.2, -0.15) is 0 Å². The molecule has 0 aliphatic carbocycles. The number of pyridine rings is 1. The molecule has 0 spiro atoms. The molecule has 6 heteroatoms. The first kappa shape index (κ1) is 16.8. The van der Waals surface area contributed by atoms with Crippen LogP contribution < -0.4 is 10.1 Å². The molecule has 0 saturated carbocycles. The molecule has 0 radical (unpaired) electrons. The lowest BCUT2D eigenvalue weighted by Gasteiger charge is -2.08. The molecule has 2 aromatic carbocycles. The van der Waals surface area contributed by atoms with E-state index in [1.54, 1.807) is 29.8 Å². The van der Waals surface area contributed by atoms with E-state index in [4.69, 9.17) is 4.74 Å². The van der Waals surface area contributed by atoms with Gasteiger partial charge in [-0.05, 0) is 29.8 Å². The van der Waals surface area contributed by atoms with Crippen LogP contribution in [0.25, 0.3) is 17.0 Å². The average molecular weight is 358 g/mol. The Morgan fingerprint density at radius 1 is 1.00 bits per heavy atom. The number of aromatic nitrogens is 3. The van der Waals surface area contributed by atoms with Gasteiger partial charge in [-0.15, -0.1) is 10.2 Å². The zero-order valence-corrected chi connectivity index (χ0v) is 14.8. The van der Waals surface area contributed by atoms with Crippen molar-refractivity contribution < 1.29 is 9.53 Å². The van der Waals surface area contributed by atoms with Crippen LogP contribution in [-0.4, -0.2) is 27.6 Å². The van der Waals surface area contributed by atoms with Gasteiger partial charge in [0.15, 0.2) is 11.5 Å². The van der Waals surface area contributed by atoms with Crippen LogP contribution in [0.1, 0.15) is 15.9 Å². The van der Waals surface area contributed by atoms with Crippen LogP contribution in [0, 0.1) is 0 Å². The zero-order chi connectivity index (χ0) is 18.6. The smallest absolute Gasteiger partial charge is 0.253 e. The van der Waals surface area contributed by atoms with E-state index in [-0.39, 0.29) is 5.91 Å². The summed E-state index contributed by atoms with van der Waals surface area (Å²) in [6.07, 6.45) is 1.75. The van der Waals surface area contributed by atoms with Crippen LogP contribution in [0.4, 0.5) is 0 Å². The Labute approximate surface area is 156 Å². The summed E-state index contributed by atoms with van der Waals surface area (Å²) in [5.74, 6) is 1.17. The fourth-order valence-corrected chi connectivity index (χ4v) is 2.92. The normalized spacial score (nSPS) is 10.7. The molecule has 27 heavy (non-hydrogen) atoms. The quantitative estimate of drug-likeness (QED) is 0.594. The topological polar surface area (TPSA) is 68.5 Å². The van der Waals surface area contributed by atoms with Crippen molar-refractivity contribution in [1.82, 2.24) is 19.9 Å². The number of rotatable bonds is 5. The first-order valence-corrected chi connectivity index (χ1v) is 8.56. The lowest BCUT2D eigenvalue weighted by Crippen LogP contribution is -2.23. The van der Waals surface area contributed by atoms with E-state index in [9.17, 15) is 4.79 Å². The highest BCUT2D eigenvalue weighted by Gasteiger charge is 2.14. The number of ether oxygens (including phenoxy) is 1.